The van der Waals surface area contributed by atoms with E-state index in [9.17, 15) is 0 Å². The van der Waals surface area contributed by atoms with Crippen molar-refractivity contribution < 1.29 is 36.5 Å². The summed E-state index contributed by atoms with van der Waals surface area (Å²) in [6, 6.07) is 0. The summed E-state index contributed by atoms with van der Waals surface area (Å²) >= 11 is 0. The molecule has 0 saturated carbocycles. The summed E-state index contributed by atoms with van der Waals surface area (Å²) in [5.41, 5.74) is 0. The van der Waals surface area contributed by atoms with E-state index >= 15 is 0 Å². The Balaban J connectivity index is 0. The second-order valence-corrected chi connectivity index (χ2v) is 0. The van der Waals surface area contributed by atoms with Gasteiger partial charge in [-0.3, -0.25) is 0 Å². The van der Waals surface area contributed by atoms with Crippen molar-refractivity contribution in [3.8, 4) is 0 Å². The summed E-state index contributed by atoms with van der Waals surface area (Å²) in [6.45, 7) is 0. The van der Waals surface area contributed by atoms with Gasteiger partial charge in [-0.05, 0) is 0 Å². The summed E-state index contributed by atoms with van der Waals surface area (Å²) in [7, 11) is 0. The van der Waals surface area contributed by atoms with E-state index in [1.807, 2.05) is 0 Å². The van der Waals surface area contributed by atoms with Gasteiger partial charge in [-0.2, -0.15) is 0 Å². The van der Waals surface area contributed by atoms with Crippen LogP contribution in [-0.2, 0) is 63.5 Å². The maximum Gasteiger partial charge on any atom is 3.00 e. The van der Waals surface area contributed by atoms with E-state index in [-0.39, 0.29) is 83.3 Å². The monoisotopic (exact) mass is 260 g/mol. The van der Waals surface area contributed by atoms with Crippen LogP contribution in [0.1, 0.15) is 0 Å². The average molecular weight is 263 g/mol. The molecule has 0 aliphatic rings. The third-order valence-corrected chi connectivity index (χ3v) is 0. The van der Waals surface area contributed by atoms with Gasteiger partial charge >= 0.3 is 69.8 Å². The molecule has 0 saturated heterocycles. The molecule has 5 radical (unpaired) electrons. The molecule has 0 unspecified atom stereocenters. The molecule has 0 aromatic heterocycles. The summed E-state index contributed by atoms with van der Waals surface area (Å²) in [4.78, 5) is 0. The fraction of sp³-hybridized carbons (Fsp3) is 0. The van der Waals surface area contributed by atoms with Crippen molar-refractivity contribution in [1.82, 2.24) is 0 Å². The molecule has 0 heterocycles. The fourth-order valence-electron chi connectivity index (χ4n) is 0. The quantitative estimate of drug-likeness (QED) is 0.522. The molecule has 5 heteroatoms. The first kappa shape index (κ1) is 51.1. The summed E-state index contributed by atoms with van der Waals surface area (Å²) in [5, 5.41) is 0. The third-order valence-electron chi connectivity index (χ3n) is 0. The predicted octanol–water partition coefficient (Wildman–Crippen LogP) is -0.391. The molecule has 0 nitrogen and oxygen atoms in total. The van der Waals surface area contributed by atoms with Crippen molar-refractivity contribution in [2.24, 2.45) is 0 Å². The standard InChI is InChI=1S/Cu.Ga.2S.Zn/q+2;+3;-2;2*+2. The molecule has 0 amide bonds. The van der Waals surface area contributed by atoms with Gasteiger partial charge in [0.05, 0.1) is 0 Å². The maximum atomic E-state index is 0. The van der Waals surface area contributed by atoms with E-state index in [4.69, 9.17) is 0 Å². The zero-order valence-electron chi connectivity index (χ0n) is 2.40. The van der Waals surface area contributed by atoms with Crippen LogP contribution in [0.4, 0.5) is 0 Å². The van der Waals surface area contributed by atoms with E-state index in [1.165, 1.54) is 0 Å². The zero-order valence-corrected chi connectivity index (χ0v) is 10.4. The molecule has 0 bridgehead atoms. The van der Waals surface area contributed by atoms with Crippen LogP contribution in [0, 0.1) is 0 Å². The second-order valence-electron chi connectivity index (χ2n) is 0. The van der Waals surface area contributed by atoms with Gasteiger partial charge in [-0.1, -0.05) is 0 Å². The molecule has 0 atom stereocenters. The molecule has 0 aliphatic carbocycles. The van der Waals surface area contributed by atoms with Crippen LogP contribution < -0.4 is 0 Å². The molecule has 0 spiro atoms. The molecule has 5 heavy (non-hydrogen) atoms. The van der Waals surface area contributed by atoms with E-state index in [0.717, 1.165) is 0 Å². The molecule has 0 aliphatic heterocycles. The normalized spacial score (nSPS) is 0. The van der Waals surface area contributed by atoms with Crippen LogP contribution >= 0.6 is 0 Å². The average Bonchev–Trinajstić information content (AvgIpc) is 0. The second kappa shape index (κ2) is 31.6. The van der Waals surface area contributed by atoms with Gasteiger partial charge in [0.15, 0.2) is 0 Å². The van der Waals surface area contributed by atoms with Crippen molar-refractivity contribution in [3.05, 3.63) is 0 Å². The van der Waals surface area contributed by atoms with E-state index in [2.05, 4.69) is 0 Å². The Kier molecular flexibility index (Phi) is 323. The van der Waals surface area contributed by atoms with E-state index < -0.39 is 0 Å². The third kappa shape index (κ3) is 21.1. The predicted molar refractivity (Wildman–Crippen MR) is 20.5 cm³/mol. The number of hydrogen-bond donors (Lipinski definition) is 0. The van der Waals surface area contributed by atoms with Crippen LogP contribution in [-0.4, -0.2) is 19.8 Å². The molecule has 0 rings (SSSR count). The molecule has 0 aromatic carbocycles. The fourth-order valence-corrected chi connectivity index (χ4v) is 0. The van der Waals surface area contributed by atoms with E-state index in [0.29, 0.717) is 0 Å². The van der Waals surface area contributed by atoms with Gasteiger partial charge < -0.3 is 13.5 Å². The van der Waals surface area contributed by atoms with Crippen molar-refractivity contribution in [2.75, 3.05) is 0 Å². The van der Waals surface area contributed by atoms with Crippen LogP contribution in [0.25, 0.3) is 0 Å². The largest absolute Gasteiger partial charge is 3.00 e. The minimum atomic E-state index is 0. The Labute approximate surface area is 82.4 Å². The van der Waals surface area contributed by atoms with Crippen molar-refractivity contribution in [1.29, 1.82) is 0 Å². The molecule has 0 N–H and O–H groups in total. The Hall–Kier alpha value is 2.48. The summed E-state index contributed by atoms with van der Waals surface area (Å²) in [6.07, 6.45) is 0. The number of hydrogen-bond acceptors (Lipinski definition) is 0. The van der Waals surface area contributed by atoms with Crippen molar-refractivity contribution >= 4 is 46.8 Å². The topological polar surface area (TPSA) is 0 Å². The first-order valence-corrected chi connectivity index (χ1v) is 0. The van der Waals surface area contributed by atoms with Crippen molar-refractivity contribution in [2.45, 2.75) is 0 Å². The molecule has 0 fully saturated rings. The van der Waals surface area contributed by atoms with Crippen molar-refractivity contribution in [3.63, 3.8) is 0 Å². The Bertz CT molecular complexity index is 9.61. The van der Waals surface area contributed by atoms with Gasteiger partial charge in [-0.25, -0.2) is 0 Å². The molecular formula is CuGaS2Zn+7. The molecule has 21 valence electrons. The SMILES string of the molecule is [Cu+2].[Ga+3].[S+2].[S-2].[Zn+2]. The minimum absolute atomic E-state index is 0. The maximum absolute atomic E-state index is 0. The summed E-state index contributed by atoms with van der Waals surface area (Å²) in [5.74, 6) is 0. The number of rotatable bonds is 0. The Morgan fingerprint density at radius 2 is 1.00 bits per heavy atom. The van der Waals surface area contributed by atoms with Crippen LogP contribution in [0.3, 0.4) is 0 Å². The van der Waals surface area contributed by atoms with E-state index in [1.54, 1.807) is 0 Å². The van der Waals surface area contributed by atoms with Crippen LogP contribution in [0.15, 0.2) is 0 Å². The molecular weight excluding hydrogens is 263 g/mol. The first-order valence-electron chi connectivity index (χ1n) is 0. The van der Waals surface area contributed by atoms with Gasteiger partial charge in [0.2, 0.25) is 0 Å². The molecule has 0 aromatic rings. The smallest absolute Gasteiger partial charge is 2.00 e. The Morgan fingerprint density at radius 3 is 1.00 bits per heavy atom. The van der Waals surface area contributed by atoms with Crippen LogP contribution in [0.2, 0.25) is 0 Å². The van der Waals surface area contributed by atoms with Gasteiger partial charge in [0, 0.05) is 0 Å². The Morgan fingerprint density at radius 1 is 1.00 bits per heavy atom. The van der Waals surface area contributed by atoms with Gasteiger partial charge in [-0.15, -0.1) is 0 Å². The van der Waals surface area contributed by atoms with Gasteiger partial charge in [0.1, 0.15) is 0 Å². The first-order chi connectivity index (χ1) is 0. The summed E-state index contributed by atoms with van der Waals surface area (Å²) < 4.78 is 0. The van der Waals surface area contributed by atoms with Crippen LogP contribution in [0.5, 0.6) is 0 Å². The zero-order chi connectivity index (χ0) is 0. The van der Waals surface area contributed by atoms with Gasteiger partial charge in [0.25, 0.3) is 0 Å². The minimum Gasteiger partial charge on any atom is -2.00 e.